The first-order chi connectivity index (χ1) is 15.5. The number of hydrogen-bond acceptors (Lipinski definition) is 4. The number of benzene rings is 2. The van der Waals surface area contributed by atoms with E-state index in [1.807, 2.05) is 24.0 Å². The molecule has 0 unspecified atom stereocenters. The number of nitrogens with one attached hydrogen (secondary N) is 1. The number of H-pyrrole nitrogens is 1. The van der Waals surface area contributed by atoms with Gasteiger partial charge in [-0.15, -0.1) is 0 Å². The molecule has 7 nitrogen and oxygen atoms in total. The molecule has 1 saturated heterocycles. The summed E-state index contributed by atoms with van der Waals surface area (Å²) in [5, 5.41) is 0.410. The molecule has 1 amide bonds. The van der Waals surface area contributed by atoms with Crippen molar-refractivity contribution in [1.29, 1.82) is 0 Å². The third kappa shape index (κ3) is 4.93. The SMILES string of the molecule is CCOc1ccc(CCC2CCN(C(=O)Cn3c(=O)[nH]c(=O)c4ccccc43)CC2)cc1. The van der Waals surface area contributed by atoms with Gasteiger partial charge < -0.3 is 9.64 Å². The summed E-state index contributed by atoms with van der Waals surface area (Å²) in [4.78, 5) is 41.4. The van der Waals surface area contributed by atoms with Crippen molar-refractivity contribution in [3.8, 4) is 5.75 Å². The van der Waals surface area contributed by atoms with E-state index < -0.39 is 11.2 Å². The van der Waals surface area contributed by atoms with Crippen molar-refractivity contribution in [3.05, 3.63) is 74.9 Å². The molecule has 0 atom stereocenters. The molecule has 4 rings (SSSR count). The van der Waals surface area contributed by atoms with Crippen LogP contribution in [-0.2, 0) is 17.8 Å². The smallest absolute Gasteiger partial charge is 0.329 e. The lowest BCUT2D eigenvalue weighted by molar-refractivity contribution is -0.133. The van der Waals surface area contributed by atoms with Crippen LogP contribution in [0.5, 0.6) is 5.75 Å². The van der Waals surface area contributed by atoms with Crippen molar-refractivity contribution >= 4 is 16.8 Å². The predicted octanol–water partition coefficient (Wildman–Crippen LogP) is 2.96. The molecule has 1 aromatic heterocycles. The number of piperidine rings is 1. The van der Waals surface area contributed by atoms with E-state index in [9.17, 15) is 14.4 Å². The molecule has 0 spiro atoms. The van der Waals surface area contributed by atoms with Gasteiger partial charge in [0.15, 0.2) is 0 Å². The molecule has 3 aromatic rings. The highest BCUT2D eigenvalue weighted by molar-refractivity contribution is 5.81. The zero-order valence-corrected chi connectivity index (χ0v) is 18.4. The second-order valence-corrected chi connectivity index (χ2v) is 8.30. The first-order valence-corrected chi connectivity index (χ1v) is 11.3. The van der Waals surface area contributed by atoms with Gasteiger partial charge in [-0.1, -0.05) is 24.3 Å². The van der Waals surface area contributed by atoms with Crippen LogP contribution in [0.15, 0.2) is 58.1 Å². The van der Waals surface area contributed by atoms with Gasteiger partial charge in [0.05, 0.1) is 17.5 Å². The van der Waals surface area contributed by atoms with Crippen molar-refractivity contribution in [2.75, 3.05) is 19.7 Å². The predicted molar refractivity (Wildman–Crippen MR) is 124 cm³/mol. The number of amides is 1. The Hall–Kier alpha value is -3.35. The normalized spacial score (nSPS) is 14.6. The van der Waals surface area contributed by atoms with Crippen LogP contribution in [0.4, 0.5) is 0 Å². The second kappa shape index (κ2) is 9.85. The molecular formula is C25H29N3O4. The van der Waals surface area contributed by atoms with Crippen molar-refractivity contribution in [3.63, 3.8) is 0 Å². The molecule has 168 valence electrons. The van der Waals surface area contributed by atoms with Crippen molar-refractivity contribution < 1.29 is 9.53 Å². The number of nitrogens with zero attached hydrogens (tertiary/aromatic N) is 2. The number of aromatic nitrogens is 2. The molecule has 1 fully saturated rings. The maximum absolute atomic E-state index is 12.9. The number of likely N-dealkylation sites (tertiary alicyclic amines) is 1. The van der Waals surface area contributed by atoms with Crippen LogP contribution in [-0.4, -0.2) is 40.1 Å². The Labute approximate surface area is 186 Å². The molecule has 32 heavy (non-hydrogen) atoms. The molecular weight excluding hydrogens is 406 g/mol. The zero-order valence-electron chi connectivity index (χ0n) is 18.4. The fraction of sp³-hybridized carbons (Fsp3) is 0.400. The Kier molecular flexibility index (Phi) is 6.73. The fourth-order valence-corrected chi connectivity index (χ4v) is 4.40. The maximum Gasteiger partial charge on any atom is 0.329 e. The molecule has 2 heterocycles. The summed E-state index contributed by atoms with van der Waals surface area (Å²) >= 11 is 0. The number of carbonyl (C=O) groups excluding carboxylic acids is 1. The topological polar surface area (TPSA) is 84.4 Å². The Balaban J connectivity index is 1.32. The van der Waals surface area contributed by atoms with Crippen LogP contribution in [0, 0.1) is 5.92 Å². The van der Waals surface area contributed by atoms with Crippen molar-refractivity contribution in [2.24, 2.45) is 5.92 Å². The molecule has 0 radical (unpaired) electrons. The van der Waals surface area contributed by atoms with E-state index in [0.717, 1.165) is 31.4 Å². The standard InChI is InChI=1S/C25H29N3O4/c1-2-32-20-11-9-18(10-12-20)7-8-19-13-15-27(16-14-19)23(29)17-28-22-6-4-3-5-21(22)24(30)26-25(28)31/h3-6,9-12,19H,2,7-8,13-17H2,1H3,(H,26,30,31). The number of hydrogen-bond donors (Lipinski definition) is 1. The number of ether oxygens (including phenoxy) is 1. The summed E-state index contributed by atoms with van der Waals surface area (Å²) in [6.45, 7) is 3.98. The summed E-state index contributed by atoms with van der Waals surface area (Å²) < 4.78 is 6.85. The monoisotopic (exact) mass is 435 g/mol. The van der Waals surface area contributed by atoms with Crippen LogP contribution in [0.1, 0.15) is 31.7 Å². The largest absolute Gasteiger partial charge is 0.494 e. The lowest BCUT2D eigenvalue weighted by Crippen LogP contribution is -2.42. The number of aromatic amines is 1. The lowest BCUT2D eigenvalue weighted by atomic mass is 9.90. The molecule has 1 aliphatic rings. The first kappa shape index (κ1) is 21.9. The first-order valence-electron chi connectivity index (χ1n) is 11.3. The minimum Gasteiger partial charge on any atom is -0.494 e. The Morgan fingerprint density at radius 1 is 1.06 bits per heavy atom. The summed E-state index contributed by atoms with van der Waals surface area (Å²) in [6, 6.07) is 15.1. The summed E-state index contributed by atoms with van der Waals surface area (Å²) in [7, 11) is 0. The third-order valence-corrected chi connectivity index (χ3v) is 6.24. The maximum atomic E-state index is 12.9. The van der Waals surface area contributed by atoms with Crippen LogP contribution in [0.3, 0.4) is 0 Å². The van der Waals surface area contributed by atoms with E-state index in [2.05, 4.69) is 17.1 Å². The minimum atomic E-state index is -0.549. The third-order valence-electron chi connectivity index (χ3n) is 6.24. The van der Waals surface area contributed by atoms with E-state index in [1.54, 1.807) is 24.3 Å². The molecule has 2 aromatic carbocycles. The van der Waals surface area contributed by atoms with Crippen molar-refractivity contribution in [2.45, 2.75) is 39.2 Å². The van der Waals surface area contributed by atoms with E-state index >= 15 is 0 Å². The zero-order chi connectivity index (χ0) is 22.5. The second-order valence-electron chi connectivity index (χ2n) is 8.30. The lowest BCUT2D eigenvalue weighted by Gasteiger charge is -2.32. The molecule has 0 aliphatic carbocycles. The van der Waals surface area contributed by atoms with Crippen LogP contribution in [0.25, 0.3) is 10.9 Å². The van der Waals surface area contributed by atoms with E-state index in [-0.39, 0.29) is 12.5 Å². The molecule has 0 saturated carbocycles. The summed E-state index contributed by atoms with van der Waals surface area (Å²) in [5.41, 5.74) is 0.811. The Bertz CT molecular complexity index is 1190. The highest BCUT2D eigenvalue weighted by Crippen LogP contribution is 2.23. The number of rotatable bonds is 7. The number of para-hydroxylation sites is 1. The fourth-order valence-electron chi connectivity index (χ4n) is 4.40. The minimum absolute atomic E-state index is 0.0625. The van der Waals surface area contributed by atoms with Crippen molar-refractivity contribution in [1.82, 2.24) is 14.5 Å². The number of carbonyl (C=O) groups is 1. The van der Waals surface area contributed by atoms with Gasteiger partial charge in [-0.05, 0) is 68.4 Å². The van der Waals surface area contributed by atoms with Gasteiger partial charge in [0, 0.05) is 13.1 Å². The average Bonchev–Trinajstić information content (AvgIpc) is 2.82. The van der Waals surface area contributed by atoms with Gasteiger partial charge in [0.25, 0.3) is 5.56 Å². The van der Waals surface area contributed by atoms with Gasteiger partial charge >= 0.3 is 5.69 Å². The molecule has 0 bridgehead atoms. The number of fused-ring (bicyclic) bond motifs is 1. The van der Waals surface area contributed by atoms with Crippen LogP contribution >= 0.6 is 0 Å². The highest BCUT2D eigenvalue weighted by Gasteiger charge is 2.23. The van der Waals surface area contributed by atoms with E-state index in [4.69, 9.17) is 4.74 Å². The molecule has 1 aliphatic heterocycles. The molecule has 1 N–H and O–H groups in total. The van der Waals surface area contributed by atoms with Gasteiger partial charge in [-0.25, -0.2) is 4.79 Å². The summed E-state index contributed by atoms with van der Waals surface area (Å²) in [5.74, 6) is 1.40. The average molecular weight is 436 g/mol. The van der Waals surface area contributed by atoms with E-state index in [1.165, 1.54) is 10.1 Å². The van der Waals surface area contributed by atoms with Gasteiger partial charge in [-0.3, -0.25) is 19.1 Å². The van der Waals surface area contributed by atoms with Crippen LogP contribution < -0.4 is 16.0 Å². The molecule has 7 heteroatoms. The van der Waals surface area contributed by atoms with Gasteiger partial charge in [0.2, 0.25) is 5.91 Å². The Morgan fingerprint density at radius 3 is 2.50 bits per heavy atom. The van der Waals surface area contributed by atoms with Gasteiger partial charge in [-0.2, -0.15) is 0 Å². The summed E-state index contributed by atoms with van der Waals surface area (Å²) in [6.07, 6.45) is 4.04. The Morgan fingerprint density at radius 2 is 1.78 bits per heavy atom. The van der Waals surface area contributed by atoms with E-state index in [0.29, 0.717) is 36.5 Å². The quantitative estimate of drug-likeness (QED) is 0.618. The van der Waals surface area contributed by atoms with Crippen LogP contribution in [0.2, 0.25) is 0 Å². The van der Waals surface area contributed by atoms with Gasteiger partial charge in [0.1, 0.15) is 12.3 Å². The number of aryl methyl sites for hydroxylation is 1. The highest BCUT2D eigenvalue weighted by atomic mass is 16.5.